The van der Waals surface area contributed by atoms with E-state index in [2.05, 4.69) is 21.2 Å². The fourth-order valence-corrected chi connectivity index (χ4v) is 3.56. The largest absolute Gasteiger partial charge is 0.478 e. The molecule has 0 bridgehead atoms. The van der Waals surface area contributed by atoms with E-state index in [1.807, 2.05) is 0 Å². The average molecular weight is 446 g/mol. The zero-order valence-corrected chi connectivity index (χ0v) is 16.8. The lowest BCUT2D eigenvalue weighted by Crippen LogP contribution is -2.30. The van der Waals surface area contributed by atoms with E-state index in [0.717, 1.165) is 0 Å². The van der Waals surface area contributed by atoms with Gasteiger partial charge < -0.3 is 9.84 Å². The predicted octanol–water partition coefficient (Wildman–Crippen LogP) is 4.27. The summed E-state index contributed by atoms with van der Waals surface area (Å²) in [6.07, 6.45) is -0.932. The Balaban J connectivity index is 2.25. The maximum absolute atomic E-state index is 13.1. The van der Waals surface area contributed by atoms with Crippen LogP contribution in [0.3, 0.4) is 0 Å². The van der Waals surface area contributed by atoms with Crippen LogP contribution in [0, 0.1) is 0 Å². The minimum atomic E-state index is -1.37. The van der Waals surface area contributed by atoms with Crippen LogP contribution in [0.4, 0.5) is 10.5 Å². The molecule has 0 saturated carbocycles. The molecule has 0 fully saturated rings. The number of carboxylic acids is 1. The topological polar surface area (TPSA) is 110 Å². The van der Waals surface area contributed by atoms with E-state index >= 15 is 0 Å². The van der Waals surface area contributed by atoms with Gasteiger partial charge in [0, 0.05) is 15.6 Å². The molecule has 1 aliphatic rings. The van der Waals surface area contributed by atoms with Gasteiger partial charge in [0.05, 0.1) is 22.4 Å². The highest BCUT2D eigenvalue weighted by Crippen LogP contribution is 2.39. The van der Waals surface area contributed by atoms with E-state index in [1.165, 1.54) is 18.2 Å². The number of anilines is 1. The number of rotatable bonds is 2. The third-order valence-corrected chi connectivity index (χ3v) is 4.63. The second-order valence-electron chi connectivity index (χ2n) is 7.17. The van der Waals surface area contributed by atoms with Gasteiger partial charge in [-0.25, -0.2) is 9.59 Å². The number of nitrogens with one attached hydrogen (secondary N) is 1. The van der Waals surface area contributed by atoms with E-state index in [0.29, 0.717) is 0 Å². The van der Waals surface area contributed by atoms with Crippen LogP contribution in [0.15, 0.2) is 34.8 Å². The number of carboxylic acid groups (broad SMARTS) is 1. The van der Waals surface area contributed by atoms with Gasteiger partial charge in [-0.15, -0.1) is 0 Å². The standard InChI is InChI=1S/C20H16BrNO6/c1-20(2,3)28-19(27)22-15-11(18(25)26)8-12(21)13-14(15)17(24)10-7-5-4-6-9(10)16(13)23/h4-8H,1-3H3,(H,22,27)(H,25,26). The number of carbonyl (C=O) groups is 4. The average Bonchev–Trinajstić information content (AvgIpc) is 2.58. The van der Waals surface area contributed by atoms with E-state index in [-0.39, 0.29) is 38.0 Å². The first-order valence-electron chi connectivity index (χ1n) is 8.29. The zero-order valence-electron chi connectivity index (χ0n) is 15.3. The lowest BCUT2D eigenvalue weighted by atomic mass is 9.82. The van der Waals surface area contributed by atoms with Gasteiger partial charge in [0.1, 0.15) is 5.60 Å². The molecule has 2 aromatic rings. The van der Waals surface area contributed by atoms with Crippen molar-refractivity contribution in [1.82, 2.24) is 0 Å². The molecular formula is C20H16BrNO6. The fourth-order valence-electron chi connectivity index (χ4n) is 2.95. The third kappa shape index (κ3) is 3.43. The second kappa shape index (κ2) is 6.87. The lowest BCUT2D eigenvalue weighted by Gasteiger charge is -2.24. The molecule has 7 nitrogen and oxygen atoms in total. The number of ether oxygens (including phenoxy) is 1. The number of amides is 1. The maximum atomic E-state index is 13.1. The van der Waals surface area contributed by atoms with Crippen LogP contribution in [0.5, 0.6) is 0 Å². The molecule has 144 valence electrons. The molecule has 3 rings (SSSR count). The minimum absolute atomic E-state index is 0.000223. The summed E-state index contributed by atoms with van der Waals surface area (Å²) in [5, 5.41) is 11.9. The number of benzene rings is 2. The molecule has 2 N–H and O–H groups in total. The molecule has 0 spiro atoms. The monoisotopic (exact) mass is 445 g/mol. The molecule has 1 aliphatic carbocycles. The Bertz CT molecular complexity index is 1050. The van der Waals surface area contributed by atoms with Crippen molar-refractivity contribution >= 4 is 45.2 Å². The van der Waals surface area contributed by atoms with Crippen LogP contribution in [-0.4, -0.2) is 34.3 Å². The number of hydrogen-bond donors (Lipinski definition) is 2. The number of ketones is 2. The Morgan fingerprint density at radius 3 is 2.07 bits per heavy atom. The minimum Gasteiger partial charge on any atom is -0.478 e. The number of halogens is 1. The van der Waals surface area contributed by atoms with Gasteiger partial charge in [0.2, 0.25) is 0 Å². The van der Waals surface area contributed by atoms with Gasteiger partial charge in [-0.1, -0.05) is 24.3 Å². The van der Waals surface area contributed by atoms with E-state index in [9.17, 15) is 24.3 Å². The molecule has 1 amide bonds. The van der Waals surface area contributed by atoms with Crippen molar-refractivity contribution in [1.29, 1.82) is 0 Å². The van der Waals surface area contributed by atoms with Gasteiger partial charge in [-0.2, -0.15) is 0 Å². The third-order valence-electron chi connectivity index (χ3n) is 4.01. The maximum Gasteiger partial charge on any atom is 0.412 e. The van der Waals surface area contributed by atoms with Crippen LogP contribution in [-0.2, 0) is 4.74 Å². The van der Waals surface area contributed by atoms with Crippen molar-refractivity contribution in [2.45, 2.75) is 26.4 Å². The first-order chi connectivity index (χ1) is 13.0. The van der Waals surface area contributed by atoms with Crippen molar-refractivity contribution in [2.24, 2.45) is 0 Å². The summed E-state index contributed by atoms with van der Waals surface area (Å²) in [7, 11) is 0. The Labute approximate surface area is 168 Å². The molecule has 0 aliphatic heterocycles. The highest BCUT2D eigenvalue weighted by Gasteiger charge is 2.36. The van der Waals surface area contributed by atoms with E-state index in [1.54, 1.807) is 32.9 Å². The van der Waals surface area contributed by atoms with Gasteiger partial charge in [0.15, 0.2) is 11.6 Å². The summed E-state index contributed by atoms with van der Waals surface area (Å²) in [6, 6.07) is 7.43. The smallest absolute Gasteiger partial charge is 0.412 e. The SMILES string of the molecule is CC(C)(C)OC(=O)Nc1c(C(=O)O)cc(Br)c2c1C(=O)c1ccccc1C2=O. The molecule has 0 heterocycles. The second-order valence-corrected chi connectivity index (χ2v) is 8.02. The molecule has 8 heteroatoms. The van der Waals surface area contributed by atoms with Gasteiger partial charge in [-0.3, -0.25) is 14.9 Å². The quantitative estimate of drug-likeness (QED) is 0.609. The summed E-state index contributed by atoms with van der Waals surface area (Å²) < 4.78 is 5.33. The fraction of sp³-hybridized carbons (Fsp3) is 0.200. The van der Waals surface area contributed by atoms with Crippen LogP contribution in [0.2, 0.25) is 0 Å². The Hall–Kier alpha value is -3.00. The van der Waals surface area contributed by atoms with Crippen molar-refractivity contribution in [3.05, 3.63) is 62.6 Å². The predicted molar refractivity (Wildman–Crippen MR) is 104 cm³/mol. The van der Waals surface area contributed by atoms with Crippen molar-refractivity contribution in [2.75, 3.05) is 5.32 Å². The molecule has 28 heavy (non-hydrogen) atoms. The van der Waals surface area contributed by atoms with Crippen molar-refractivity contribution < 1.29 is 29.0 Å². The molecule has 0 radical (unpaired) electrons. The van der Waals surface area contributed by atoms with Crippen LogP contribution >= 0.6 is 15.9 Å². The first-order valence-corrected chi connectivity index (χ1v) is 9.09. The summed E-state index contributed by atoms with van der Waals surface area (Å²) >= 11 is 3.19. The summed E-state index contributed by atoms with van der Waals surface area (Å²) in [4.78, 5) is 50.1. The number of carbonyl (C=O) groups excluding carboxylic acids is 3. The normalized spacial score (nSPS) is 12.9. The summed E-state index contributed by atoms with van der Waals surface area (Å²) in [5.74, 6) is -2.37. The van der Waals surface area contributed by atoms with Crippen molar-refractivity contribution in [3.63, 3.8) is 0 Å². The van der Waals surface area contributed by atoms with E-state index in [4.69, 9.17) is 4.74 Å². The molecular weight excluding hydrogens is 430 g/mol. The van der Waals surface area contributed by atoms with E-state index < -0.39 is 29.2 Å². The van der Waals surface area contributed by atoms with Crippen LogP contribution in [0.1, 0.15) is 63.0 Å². The number of hydrogen-bond acceptors (Lipinski definition) is 5. The molecule has 0 atom stereocenters. The van der Waals surface area contributed by atoms with Crippen LogP contribution in [0.25, 0.3) is 0 Å². The van der Waals surface area contributed by atoms with Gasteiger partial charge >= 0.3 is 12.1 Å². The first kappa shape index (κ1) is 19.8. The highest BCUT2D eigenvalue weighted by molar-refractivity contribution is 9.10. The number of aromatic carboxylic acids is 1. The Kier molecular flexibility index (Phi) is 4.84. The van der Waals surface area contributed by atoms with Gasteiger partial charge in [-0.05, 0) is 42.8 Å². The summed E-state index contributed by atoms with van der Waals surface area (Å²) in [6.45, 7) is 4.94. The molecule has 0 aromatic heterocycles. The lowest BCUT2D eigenvalue weighted by molar-refractivity contribution is 0.0635. The van der Waals surface area contributed by atoms with Crippen molar-refractivity contribution in [3.8, 4) is 0 Å². The zero-order chi connectivity index (χ0) is 20.8. The summed E-state index contributed by atoms with van der Waals surface area (Å²) in [5.41, 5.74) is -1.27. The molecule has 0 unspecified atom stereocenters. The number of fused-ring (bicyclic) bond motifs is 2. The van der Waals surface area contributed by atoms with Crippen LogP contribution < -0.4 is 5.32 Å². The van der Waals surface area contributed by atoms with Gasteiger partial charge in [0.25, 0.3) is 0 Å². The highest BCUT2D eigenvalue weighted by atomic mass is 79.9. The Morgan fingerprint density at radius 1 is 1.04 bits per heavy atom. The Morgan fingerprint density at radius 2 is 1.57 bits per heavy atom. The molecule has 0 saturated heterocycles. The molecule has 2 aromatic carbocycles.